The van der Waals surface area contributed by atoms with Crippen LogP contribution in [0.2, 0.25) is 0 Å². The molecule has 0 amide bonds. The van der Waals surface area contributed by atoms with E-state index in [2.05, 4.69) is 92.5 Å². The van der Waals surface area contributed by atoms with Gasteiger partial charge >= 0.3 is 0 Å². The summed E-state index contributed by atoms with van der Waals surface area (Å²) in [4.78, 5) is 19.0. The van der Waals surface area contributed by atoms with Gasteiger partial charge in [0.25, 0.3) is 0 Å². The van der Waals surface area contributed by atoms with E-state index in [-0.39, 0.29) is 0 Å². The summed E-state index contributed by atoms with van der Waals surface area (Å²) in [6.45, 7) is 2.60. The molecule has 0 N–H and O–H groups in total. The highest BCUT2D eigenvalue weighted by Crippen LogP contribution is 2.49. The van der Waals surface area contributed by atoms with Crippen molar-refractivity contribution in [2.75, 3.05) is 0 Å². The number of aldehydes is 1. The molecule has 0 bridgehead atoms. The summed E-state index contributed by atoms with van der Waals surface area (Å²) in [6, 6.07) is 41.1. The lowest BCUT2D eigenvalue weighted by molar-refractivity contribution is 0.111. The number of rotatable bonds is 12. The van der Waals surface area contributed by atoms with Gasteiger partial charge in [-0.25, -0.2) is 4.98 Å². The number of carbonyl (C=O) groups is 1. The van der Waals surface area contributed by atoms with E-state index >= 15 is 0 Å². The Morgan fingerprint density at radius 1 is 0.792 bits per heavy atom. The van der Waals surface area contributed by atoms with E-state index in [1.54, 1.807) is 17.3 Å². The third kappa shape index (κ3) is 6.13. The van der Waals surface area contributed by atoms with E-state index in [1.165, 1.54) is 0 Å². The zero-order valence-electron chi connectivity index (χ0n) is 28.9. The minimum Gasteiger partial charge on any atom is -0.472 e. The second kappa shape index (κ2) is 15.0. The number of aromatic nitrogens is 6. The minimum absolute atomic E-state index is 0.443. The maximum atomic E-state index is 12.5. The van der Waals surface area contributed by atoms with Crippen LogP contribution in [0.1, 0.15) is 58.3 Å². The van der Waals surface area contributed by atoms with Crippen molar-refractivity contribution in [3.63, 3.8) is 0 Å². The van der Waals surface area contributed by atoms with Crippen molar-refractivity contribution in [3.05, 3.63) is 176 Å². The van der Waals surface area contributed by atoms with Gasteiger partial charge in [-0.2, -0.15) is 0 Å². The Morgan fingerprint density at radius 3 is 2.00 bits per heavy atom. The predicted octanol–water partition coefficient (Wildman–Crippen LogP) is 10.3. The first-order valence-electron chi connectivity index (χ1n) is 17.5. The van der Waals surface area contributed by atoms with Crippen LogP contribution in [0.4, 0.5) is 0 Å². The van der Waals surface area contributed by atoms with Crippen LogP contribution in [-0.2, 0) is 18.5 Å². The lowest BCUT2D eigenvalue weighted by Crippen LogP contribution is -2.39. The molecule has 2 aromatic heterocycles. The molecule has 1 aliphatic heterocycles. The number of imidazole rings is 1. The molecule has 3 heterocycles. The zero-order chi connectivity index (χ0) is 36.4. The maximum Gasteiger partial charge on any atom is 0.205 e. The van der Waals surface area contributed by atoms with Crippen molar-refractivity contribution in [1.29, 1.82) is 0 Å². The normalized spacial score (nSPS) is 11.7. The van der Waals surface area contributed by atoms with Crippen LogP contribution in [-0.4, -0.2) is 36.0 Å². The molecule has 0 saturated heterocycles. The Morgan fingerprint density at radius 2 is 1.40 bits per heavy atom. The molecule has 0 unspecified atom stereocenters. The van der Waals surface area contributed by atoms with E-state index in [9.17, 15) is 4.79 Å². The number of fused-ring (bicyclic) bond motifs is 1. The average molecular weight is 874 g/mol. The summed E-state index contributed by atoms with van der Waals surface area (Å²) in [6.07, 6.45) is 7.14. The summed E-state index contributed by atoms with van der Waals surface area (Å²) in [5.41, 5.74) is 8.36. The van der Waals surface area contributed by atoms with E-state index < -0.39 is 5.54 Å². The Labute approximate surface area is 329 Å². The summed E-state index contributed by atoms with van der Waals surface area (Å²) >= 11 is 6.14. The van der Waals surface area contributed by atoms with Crippen molar-refractivity contribution in [2.45, 2.75) is 38.3 Å². The Kier molecular flexibility index (Phi) is 9.89. The molecule has 4 aromatic carbocycles. The number of unbranched alkanes of at least 4 members (excludes halogenated alkanes) is 1. The second-order valence-corrected chi connectivity index (χ2v) is 14.6. The molecule has 6 aromatic rings. The van der Waals surface area contributed by atoms with Gasteiger partial charge < -0.3 is 8.98 Å². The van der Waals surface area contributed by atoms with Crippen LogP contribution in [0, 0.1) is 3.70 Å². The van der Waals surface area contributed by atoms with Gasteiger partial charge in [-0.3, -0.25) is 4.79 Å². The average Bonchev–Trinajstić information content (AvgIpc) is 3.90. The molecule has 0 saturated carbocycles. The van der Waals surface area contributed by atoms with Gasteiger partial charge in [0.1, 0.15) is 15.2 Å². The molecule has 0 atom stereocenters. The lowest BCUT2D eigenvalue weighted by Gasteiger charge is -2.34. The topological polar surface area (TPSA) is 91.6 Å². The van der Waals surface area contributed by atoms with Crippen LogP contribution in [0.15, 0.2) is 143 Å². The van der Waals surface area contributed by atoms with E-state index in [0.717, 1.165) is 85.9 Å². The highest BCUT2D eigenvalue weighted by molar-refractivity contribution is 14.1. The van der Waals surface area contributed by atoms with Crippen LogP contribution in [0.3, 0.4) is 0 Å². The molecule has 8 nitrogen and oxygen atoms in total. The molecule has 8 rings (SSSR count). The fraction of sp³-hybridized carbons (Fsp3) is 0.140. The smallest absolute Gasteiger partial charge is 0.205 e. The number of aryl methyl sites for hydroxylation is 1. The Hall–Kier alpha value is -5.20. The zero-order valence-corrected chi connectivity index (χ0v) is 32.6. The molecule has 262 valence electrons. The SMILES string of the molecule is CCCCc1nc(I)c(C=O)n1Cc1c2ccocc-2c(Br)c1-c1ccccc1-c1nnn(C(c2ccccc2)(c2ccccc2)c2ccccc2)n1. The van der Waals surface area contributed by atoms with Crippen molar-refractivity contribution in [3.8, 4) is 33.6 Å². The first kappa shape index (κ1) is 34.9. The van der Waals surface area contributed by atoms with E-state index in [0.29, 0.717) is 21.8 Å². The van der Waals surface area contributed by atoms with Gasteiger partial charge in [0.15, 0.2) is 11.8 Å². The van der Waals surface area contributed by atoms with Gasteiger partial charge in [-0.05, 0) is 89.6 Å². The highest BCUT2D eigenvalue weighted by atomic mass is 127. The second-order valence-electron chi connectivity index (χ2n) is 12.8. The molecule has 10 heteroatoms. The molecule has 2 aliphatic rings. The van der Waals surface area contributed by atoms with E-state index in [1.807, 2.05) is 78.9 Å². The van der Waals surface area contributed by atoms with Crippen molar-refractivity contribution < 1.29 is 9.21 Å². The molecular weight excluding hydrogens is 839 g/mol. The van der Waals surface area contributed by atoms with Crippen LogP contribution < -0.4 is 0 Å². The monoisotopic (exact) mass is 872 g/mol. The number of hydrogen-bond acceptors (Lipinski definition) is 6. The highest BCUT2D eigenvalue weighted by Gasteiger charge is 2.41. The number of halogens is 2. The van der Waals surface area contributed by atoms with Crippen molar-refractivity contribution >= 4 is 44.8 Å². The number of benzene rings is 4. The first-order valence-corrected chi connectivity index (χ1v) is 19.4. The standard InChI is InChI=1S/C43H34BrIN6O2/c1-2-3-23-38-46-41(45)37(27-52)50(38)26-35-32-24-25-53-28-36(32)40(44)39(35)33-21-13-14-22-34(33)42-47-49-51(48-42)43(29-15-7-4-8-16-29,30-17-9-5-10-18-30)31-19-11-6-12-20-31/h4-22,24-25,27-28H,2-3,23,26H2,1H3. The molecule has 1 aliphatic carbocycles. The fourth-order valence-corrected chi connectivity index (χ4v) is 8.80. The number of tetrazole rings is 1. The van der Waals surface area contributed by atoms with Crippen molar-refractivity contribution in [1.82, 2.24) is 29.8 Å². The minimum atomic E-state index is -0.912. The Bertz CT molecular complexity index is 2380. The third-order valence-electron chi connectivity index (χ3n) is 9.82. The summed E-state index contributed by atoms with van der Waals surface area (Å²) < 4.78 is 9.34. The van der Waals surface area contributed by atoms with Crippen LogP contribution >= 0.6 is 38.5 Å². The Balaban J connectivity index is 1.33. The van der Waals surface area contributed by atoms with Gasteiger partial charge in [-0.15, -0.1) is 15.0 Å². The quantitative estimate of drug-likeness (QED) is 0.0690. The number of hydrogen-bond donors (Lipinski definition) is 0. The lowest BCUT2D eigenvalue weighted by atomic mass is 9.77. The molecular formula is C43H34BrIN6O2. The largest absolute Gasteiger partial charge is 0.472 e. The molecule has 53 heavy (non-hydrogen) atoms. The fourth-order valence-electron chi connectivity index (χ4n) is 7.35. The number of carbonyl (C=O) groups excluding carboxylic acids is 1. The third-order valence-corrected chi connectivity index (χ3v) is 11.4. The van der Waals surface area contributed by atoms with Crippen molar-refractivity contribution in [2.24, 2.45) is 0 Å². The molecule has 0 spiro atoms. The summed E-state index contributed by atoms with van der Waals surface area (Å²) in [5.74, 6) is 1.38. The van der Waals surface area contributed by atoms with Crippen LogP contribution in [0.5, 0.6) is 0 Å². The van der Waals surface area contributed by atoms with E-state index in [4.69, 9.17) is 24.8 Å². The van der Waals surface area contributed by atoms with Gasteiger partial charge in [0, 0.05) is 27.6 Å². The van der Waals surface area contributed by atoms with Gasteiger partial charge in [0.2, 0.25) is 5.82 Å². The van der Waals surface area contributed by atoms with Crippen LogP contribution in [0.25, 0.3) is 33.6 Å². The van der Waals surface area contributed by atoms with Gasteiger partial charge in [-0.1, -0.05) is 129 Å². The summed E-state index contributed by atoms with van der Waals surface area (Å²) in [5, 5.41) is 14.9. The maximum absolute atomic E-state index is 12.5. The predicted molar refractivity (Wildman–Crippen MR) is 218 cm³/mol. The van der Waals surface area contributed by atoms with Gasteiger partial charge in [0.05, 0.1) is 19.1 Å². The molecule has 0 radical (unpaired) electrons. The summed E-state index contributed by atoms with van der Waals surface area (Å²) in [7, 11) is 0. The first-order chi connectivity index (χ1) is 26.1. The molecule has 0 fully saturated rings. The number of nitrogens with zero attached hydrogens (tertiary/aromatic N) is 6.